The van der Waals surface area contributed by atoms with Crippen LogP contribution in [-0.4, -0.2) is 9.13 Å². The zero-order valence-electron chi connectivity index (χ0n) is 33.8. The van der Waals surface area contributed by atoms with Gasteiger partial charge in [0, 0.05) is 32.9 Å². The third kappa shape index (κ3) is 5.30. The van der Waals surface area contributed by atoms with Crippen molar-refractivity contribution >= 4 is 70.8 Å². The number of aromatic nitrogens is 2. The zero-order valence-corrected chi connectivity index (χ0v) is 33.8. The Morgan fingerprint density at radius 2 is 1.00 bits per heavy atom. The Kier molecular flexibility index (Phi) is 7.78. The average molecular weight is 792 g/mol. The van der Waals surface area contributed by atoms with Gasteiger partial charge in [0.2, 0.25) is 0 Å². The molecule has 1 N–H and O–H groups in total. The number of rotatable bonds is 5. The summed E-state index contributed by atoms with van der Waals surface area (Å²) in [5.41, 5.74) is 14.0. The SMILES string of the molecule is c1ccc(-n2c3ccccc3c3ccc(-c4cccc5c4c4ccccc4n5-c4cccc(C5[N-]c6c(ccc7ccccc67)C(c6cccc7ccccc67)N5)c4)cc32)cc1. The van der Waals surface area contributed by atoms with E-state index >= 15 is 0 Å². The van der Waals surface area contributed by atoms with Gasteiger partial charge in [-0.1, -0.05) is 170 Å². The minimum Gasteiger partial charge on any atom is -0.665 e. The smallest absolute Gasteiger partial charge is 0.0563 e. The minimum atomic E-state index is -0.274. The van der Waals surface area contributed by atoms with Crippen LogP contribution in [0.3, 0.4) is 0 Å². The topological polar surface area (TPSA) is 36.0 Å². The van der Waals surface area contributed by atoms with E-state index in [-0.39, 0.29) is 12.2 Å². The summed E-state index contributed by atoms with van der Waals surface area (Å²) in [6.45, 7) is 0. The van der Waals surface area contributed by atoms with Gasteiger partial charge in [0.15, 0.2) is 0 Å². The predicted molar refractivity (Wildman–Crippen MR) is 259 cm³/mol. The molecule has 4 nitrogen and oxygen atoms in total. The van der Waals surface area contributed by atoms with Crippen molar-refractivity contribution in [2.75, 3.05) is 0 Å². The minimum absolute atomic E-state index is 0.0550. The molecule has 1 aliphatic heterocycles. The summed E-state index contributed by atoms with van der Waals surface area (Å²) in [4.78, 5) is 0. The molecule has 62 heavy (non-hydrogen) atoms. The lowest BCUT2D eigenvalue weighted by molar-refractivity contribution is 0.528. The molecule has 0 bridgehead atoms. The maximum absolute atomic E-state index is 5.55. The van der Waals surface area contributed by atoms with Crippen molar-refractivity contribution in [1.29, 1.82) is 0 Å². The lowest BCUT2D eigenvalue weighted by Crippen LogP contribution is -2.30. The molecule has 0 radical (unpaired) electrons. The normalized spacial score (nSPS) is 15.2. The van der Waals surface area contributed by atoms with E-state index in [0.29, 0.717) is 0 Å². The monoisotopic (exact) mass is 791 g/mol. The summed E-state index contributed by atoms with van der Waals surface area (Å²) in [6, 6.07) is 79.5. The van der Waals surface area contributed by atoms with Crippen molar-refractivity contribution in [3.05, 3.63) is 240 Å². The molecule has 13 rings (SSSR count). The van der Waals surface area contributed by atoms with Crippen LogP contribution in [0.15, 0.2) is 218 Å². The van der Waals surface area contributed by atoms with Gasteiger partial charge >= 0.3 is 0 Å². The second kappa shape index (κ2) is 13.8. The summed E-state index contributed by atoms with van der Waals surface area (Å²) in [7, 11) is 0. The predicted octanol–water partition coefficient (Wildman–Crippen LogP) is 15.3. The second-order valence-corrected chi connectivity index (χ2v) is 16.5. The van der Waals surface area contributed by atoms with E-state index in [2.05, 4.69) is 233 Å². The molecule has 0 aliphatic carbocycles. The van der Waals surface area contributed by atoms with Crippen molar-refractivity contribution in [1.82, 2.24) is 14.5 Å². The molecule has 4 heteroatoms. The van der Waals surface area contributed by atoms with Gasteiger partial charge in [-0.15, -0.1) is 5.69 Å². The molecule has 1 aliphatic rings. The summed E-state index contributed by atoms with van der Waals surface area (Å²) >= 11 is 0. The highest BCUT2D eigenvalue weighted by molar-refractivity contribution is 6.17. The highest BCUT2D eigenvalue weighted by Crippen LogP contribution is 2.49. The number of hydrogen-bond acceptors (Lipinski definition) is 1. The Labute approximate surface area is 358 Å². The van der Waals surface area contributed by atoms with Crippen LogP contribution in [0.5, 0.6) is 0 Å². The van der Waals surface area contributed by atoms with Crippen LogP contribution < -0.4 is 5.32 Å². The molecular weight excluding hydrogens is 753 g/mol. The van der Waals surface area contributed by atoms with Crippen molar-refractivity contribution in [3.63, 3.8) is 0 Å². The molecule has 0 spiro atoms. The van der Waals surface area contributed by atoms with Gasteiger partial charge in [-0.3, -0.25) is 0 Å². The van der Waals surface area contributed by atoms with Crippen LogP contribution in [0.2, 0.25) is 0 Å². The average Bonchev–Trinajstić information content (AvgIpc) is 3.86. The zero-order chi connectivity index (χ0) is 40.7. The van der Waals surface area contributed by atoms with E-state index in [1.807, 2.05) is 0 Å². The number of nitrogens with one attached hydrogen (secondary N) is 1. The maximum atomic E-state index is 5.55. The summed E-state index contributed by atoms with van der Waals surface area (Å²) in [6.07, 6.45) is -0.274. The van der Waals surface area contributed by atoms with Gasteiger partial charge in [0.1, 0.15) is 0 Å². The van der Waals surface area contributed by atoms with Crippen LogP contribution in [0, 0.1) is 0 Å². The Morgan fingerprint density at radius 1 is 0.387 bits per heavy atom. The first kappa shape index (κ1) is 34.9. The summed E-state index contributed by atoms with van der Waals surface area (Å²) in [5, 5.41) is 19.4. The Balaban J connectivity index is 0.971. The molecule has 12 aromatic rings. The number of fused-ring (bicyclic) bond motifs is 10. The van der Waals surface area contributed by atoms with Gasteiger partial charge < -0.3 is 19.8 Å². The molecule has 10 aromatic carbocycles. The molecule has 2 aromatic heterocycles. The van der Waals surface area contributed by atoms with Crippen molar-refractivity contribution in [2.45, 2.75) is 12.2 Å². The molecule has 0 amide bonds. The first-order valence-electron chi connectivity index (χ1n) is 21.4. The number of benzene rings is 10. The van der Waals surface area contributed by atoms with Crippen LogP contribution in [-0.2, 0) is 0 Å². The molecule has 0 fully saturated rings. The number of nitrogens with zero attached hydrogens (tertiary/aromatic N) is 3. The quantitative estimate of drug-likeness (QED) is 0.185. The molecule has 0 saturated heterocycles. The third-order valence-corrected chi connectivity index (χ3v) is 13.1. The van der Waals surface area contributed by atoms with Crippen molar-refractivity contribution in [2.24, 2.45) is 0 Å². The molecule has 3 heterocycles. The largest absolute Gasteiger partial charge is 0.665 e. The number of para-hydroxylation sites is 3. The Hall–Kier alpha value is -7.92. The van der Waals surface area contributed by atoms with E-state index < -0.39 is 0 Å². The molecule has 2 atom stereocenters. The highest BCUT2D eigenvalue weighted by Gasteiger charge is 2.25. The number of hydrogen-bond donors (Lipinski definition) is 1. The van der Waals surface area contributed by atoms with Gasteiger partial charge in [-0.25, -0.2) is 0 Å². The van der Waals surface area contributed by atoms with Gasteiger partial charge in [-0.05, 0) is 104 Å². The van der Waals surface area contributed by atoms with E-state index in [1.165, 1.54) is 87.4 Å². The Morgan fingerprint density at radius 3 is 1.85 bits per heavy atom. The van der Waals surface area contributed by atoms with Crippen LogP contribution in [0.1, 0.15) is 28.9 Å². The molecular formula is C58H39N4-. The van der Waals surface area contributed by atoms with E-state index in [1.54, 1.807) is 0 Å². The maximum Gasteiger partial charge on any atom is 0.0563 e. The first-order valence-corrected chi connectivity index (χ1v) is 21.4. The van der Waals surface area contributed by atoms with Crippen LogP contribution >= 0.6 is 0 Å². The van der Waals surface area contributed by atoms with E-state index in [9.17, 15) is 0 Å². The molecule has 292 valence electrons. The summed E-state index contributed by atoms with van der Waals surface area (Å²) in [5.74, 6) is 0. The van der Waals surface area contributed by atoms with E-state index in [4.69, 9.17) is 5.32 Å². The Bertz CT molecular complexity index is 3720. The summed E-state index contributed by atoms with van der Waals surface area (Å²) < 4.78 is 4.84. The van der Waals surface area contributed by atoms with Gasteiger partial charge in [0.05, 0.1) is 28.1 Å². The van der Waals surface area contributed by atoms with Gasteiger partial charge in [-0.2, -0.15) is 0 Å². The fourth-order valence-electron chi connectivity index (χ4n) is 10.4. The van der Waals surface area contributed by atoms with Crippen molar-refractivity contribution < 1.29 is 0 Å². The van der Waals surface area contributed by atoms with Crippen LogP contribution in [0.25, 0.3) is 93.0 Å². The van der Waals surface area contributed by atoms with Gasteiger partial charge in [0.25, 0.3) is 0 Å². The molecule has 0 saturated carbocycles. The van der Waals surface area contributed by atoms with E-state index in [0.717, 1.165) is 22.6 Å². The first-order chi connectivity index (χ1) is 30.8. The van der Waals surface area contributed by atoms with Crippen LogP contribution in [0.4, 0.5) is 5.69 Å². The second-order valence-electron chi connectivity index (χ2n) is 16.5. The fraction of sp³-hybridized carbons (Fsp3) is 0.0345. The third-order valence-electron chi connectivity index (χ3n) is 13.1. The standard InChI is InChI=1S/C58H39N4/c1-2-19-41(20-3-1)61-51-28-10-8-24-46(51)47-33-32-39(36-54(47)61)44-26-14-30-53-55(44)49-25-9-11-29-52(49)62(53)42-21-12-18-40(35-42)58-59-56-45-23-7-5-16-38(45)31-34-50(56)57(60-58)48-27-13-17-37-15-4-6-22-43(37)48/h1-36,57-58,60H/q-1. The highest BCUT2D eigenvalue weighted by atomic mass is 15.2. The fourth-order valence-corrected chi connectivity index (χ4v) is 10.4. The lowest BCUT2D eigenvalue weighted by Gasteiger charge is -2.46. The van der Waals surface area contributed by atoms with Crippen molar-refractivity contribution in [3.8, 4) is 22.5 Å². The lowest BCUT2D eigenvalue weighted by atomic mass is 9.88. The molecule has 2 unspecified atom stereocenters.